The average molecular weight is 388 g/mol. The molecule has 1 heterocycles. The van der Waals surface area contributed by atoms with Gasteiger partial charge in [-0.25, -0.2) is 0 Å². The lowest BCUT2D eigenvalue weighted by molar-refractivity contribution is -1.02. The van der Waals surface area contributed by atoms with Crippen molar-refractivity contribution in [2.75, 3.05) is 38.0 Å². The van der Waals surface area contributed by atoms with Crippen LogP contribution in [-0.2, 0) is 17.8 Å². The maximum absolute atomic E-state index is 12.6. The lowest BCUT2D eigenvalue weighted by atomic mass is 10.1. The van der Waals surface area contributed by atoms with Crippen LogP contribution in [0.15, 0.2) is 42.5 Å². The summed E-state index contributed by atoms with van der Waals surface area (Å²) in [6, 6.07) is 14.3. The summed E-state index contributed by atoms with van der Waals surface area (Å²) in [6.45, 7) is 10.0. The van der Waals surface area contributed by atoms with Gasteiger partial charge < -0.3 is 15.1 Å². The van der Waals surface area contributed by atoms with Crippen LogP contribution in [0.5, 0.6) is 0 Å². The lowest BCUT2D eigenvalue weighted by Gasteiger charge is -2.29. The molecule has 2 aromatic carbocycles. The van der Waals surface area contributed by atoms with E-state index in [1.807, 2.05) is 12.1 Å². The highest BCUT2D eigenvalue weighted by molar-refractivity contribution is 6.30. The molecule has 3 N–H and O–H groups in total. The number of amides is 1. The van der Waals surface area contributed by atoms with Gasteiger partial charge in [-0.2, -0.15) is 0 Å². The van der Waals surface area contributed by atoms with Gasteiger partial charge in [0.1, 0.15) is 32.7 Å². The predicted molar refractivity (Wildman–Crippen MR) is 111 cm³/mol. The maximum atomic E-state index is 12.6. The number of carbonyl (C=O) groups is 1. The minimum atomic E-state index is 0.121. The minimum absolute atomic E-state index is 0.121. The molecule has 0 aromatic heterocycles. The smallest absolute Gasteiger partial charge is 0.279 e. The second-order valence-electron chi connectivity index (χ2n) is 7.49. The van der Waals surface area contributed by atoms with E-state index in [1.165, 1.54) is 16.0 Å². The van der Waals surface area contributed by atoms with E-state index in [1.54, 1.807) is 4.90 Å². The monoisotopic (exact) mass is 387 g/mol. The van der Waals surface area contributed by atoms with Crippen molar-refractivity contribution in [3.8, 4) is 0 Å². The zero-order valence-corrected chi connectivity index (χ0v) is 17.0. The van der Waals surface area contributed by atoms with E-state index in [-0.39, 0.29) is 5.91 Å². The molecular formula is C22H30ClN3O+2. The van der Waals surface area contributed by atoms with E-state index >= 15 is 0 Å². The molecule has 0 unspecified atom stereocenters. The molecule has 2 aromatic rings. The first-order valence-electron chi connectivity index (χ1n) is 9.85. The van der Waals surface area contributed by atoms with Crippen LogP contribution in [-0.4, -0.2) is 38.6 Å². The Morgan fingerprint density at radius 2 is 1.70 bits per heavy atom. The molecule has 0 radical (unpaired) electrons. The molecule has 4 nitrogen and oxygen atoms in total. The molecule has 0 saturated carbocycles. The third kappa shape index (κ3) is 5.55. The van der Waals surface area contributed by atoms with Gasteiger partial charge in [0.2, 0.25) is 0 Å². The van der Waals surface area contributed by atoms with E-state index in [2.05, 4.69) is 49.5 Å². The molecule has 1 fully saturated rings. The Labute approximate surface area is 167 Å². The molecule has 144 valence electrons. The number of quaternary nitrogens is 2. The van der Waals surface area contributed by atoms with Crippen molar-refractivity contribution in [3.63, 3.8) is 0 Å². The van der Waals surface area contributed by atoms with Crippen molar-refractivity contribution in [1.29, 1.82) is 0 Å². The zero-order valence-electron chi connectivity index (χ0n) is 16.3. The number of aryl methyl sites for hydroxylation is 2. The molecule has 1 amide bonds. The molecule has 3 rings (SSSR count). The largest absolute Gasteiger partial charge is 0.322 e. The number of nitrogens with one attached hydrogen (secondary N) is 3. The molecule has 27 heavy (non-hydrogen) atoms. The van der Waals surface area contributed by atoms with Crippen molar-refractivity contribution in [2.24, 2.45) is 0 Å². The molecule has 1 aliphatic heterocycles. The fourth-order valence-corrected chi connectivity index (χ4v) is 3.94. The Morgan fingerprint density at radius 1 is 1.04 bits per heavy atom. The maximum Gasteiger partial charge on any atom is 0.279 e. The normalized spacial score (nSPS) is 19.7. The van der Waals surface area contributed by atoms with E-state index in [0.717, 1.165) is 55.4 Å². The minimum Gasteiger partial charge on any atom is -0.322 e. The second-order valence-corrected chi connectivity index (χ2v) is 7.93. The first-order chi connectivity index (χ1) is 13.0. The van der Waals surface area contributed by atoms with Crippen molar-refractivity contribution in [3.05, 3.63) is 64.2 Å². The molecule has 0 aliphatic carbocycles. The van der Waals surface area contributed by atoms with Crippen LogP contribution in [0.3, 0.4) is 0 Å². The van der Waals surface area contributed by atoms with Crippen LogP contribution < -0.4 is 15.1 Å². The summed E-state index contributed by atoms with van der Waals surface area (Å²) in [5, 5.41) is 3.94. The quantitative estimate of drug-likeness (QED) is 0.683. The van der Waals surface area contributed by atoms with Crippen molar-refractivity contribution < 1.29 is 14.6 Å². The number of carbonyl (C=O) groups excluding carboxylic acids is 1. The third-order valence-electron chi connectivity index (χ3n) is 5.45. The van der Waals surface area contributed by atoms with Crippen LogP contribution in [0.25, 0.3) is 0 Å². The second kappa shape index (κ2) is 9.36. The van der Waals surface area contributed by atoms with Crippen molar-refractivity contribution in [2.45, 2.75) is 26.8 Å². The number of anilines is 1. The van der Waals surface area contributed by atoms with Crippen LogP contribution in [0.1, 0.15) is 23.6 Å². The van der Waals surface area contributed by atoms with Gasteiger partial charge in [0.15, 0.2) is 6.54 Å². The van der Waals surface area contributed by atoms with Crippen molar-refractivity contribution >= 4 is 23.2 Å². The van der Waals surface area contributed by atoms with Crippen molar-refractivity contribution in [1.82, 2.24) is 0 Å². The Hall–Kier alpha value is -1.88. The lowest BCUT2D eigenvalue weighted by Crippen LogP contribution is -3.28. The molecule has 0 atom stereocenters. The number of piperazine rings is 1. The molecule has 0 spiro atoms. The predicted octanol–water partition coefficient (Wildman–Crippen LogP) is 1.13. The summed E-state index contributed by atoms with van der Waals surface area (Å²) >= 11 is 5.96. The fourth-order valence-electron chi connectivity index (χ4n) is 3.81. The Kier molecular flexibility index (Phi) is 6.89. The van der Waals surface area contributed by atoms with E-state index in [0.29, 0.717) is 6.54 Å². The molecule has 1 saturated heterocycles. The Bertz CT molecular complexity index is 768. The summed E-state index contributed by atoms with van der Waals surface area (Å²) in [5.41, 5.74) is 4.66. The molecule has 0 bridgehead atoms. The SMILES string of the molecule is CCc1cccc(C)c1NC(=O)C[NH+]1CC[NH+](Cc2ccc(Cl)cc2)CC1. The van der Waals surface area contributed by atoms with Gasteiger partial charge in [-0.3, -0.25) is 4.79 Å². The number of halogens is 1. The highest BCUT2D eigenvalue weighted by atomic mass is 35.5. The van der Waals surface area contributed by atoms with Gasteiger partial charge in [-0.1, -0.05) is 48.9 Å². The van der Waals surface area contributed by atoms with E-state index < -0.39 is 0 Å². The number of hydrogen-bond acceptors (Lipinski definition) is 1. The van der Waals surface area contributed by atoms with Crippen LogP contribution >= 0.6 is 11.6 Å². The fraction of sp³-hybridized carbons (Fsp3) is 0.409. The average Bonchev–Trinajstić information content (AvgIpc) is 2.67. The van der Waals surface area contributed by atoms with Crippen LogP contribution in [0.2, 0.25) is 5.02 Å². The first kappa shape index (κ1) is 19.9. The van der Waals surface area contributed by atoms with Gasteiger partial charge >= 0.3 is 0 Å². The highest BCUT2D eigenvalue weighted by Crippen LogP contribution is 2.20. The molecule has 1 aliphatic rings. The van der Waals surface area contributed by atoms with Crippen LogP contribution in [0, 0.1) is 6.92 Å². The standard InChI is InChI=1S/C22H28ClN3O/c1-3-19-6-4-5-17(2)22(19)24-21(27)16-26-13-11-25(12-14-26)15-18-7-9-20(23)10-8-18/h4-10H,3,11-16H2,1-2H3,(H,24,27)/p+2. The van der Waals surface area contributed by atoms with Crippen LogP contribution in [0.4, 0.5) is 5.69 Å². The summed E-state index contributed by atoms with van der Waals surface area (Å²) < 4.78 is 0. The number of benzene rings is 2. The van der Waals surface area contributed by atoms with E-state index in [9.17, 15) is 4.79 Å². The summed E-state index contributed by atoms with van der Waals surface area (Å²) in [4.78, 5) is 15.5. The van der Waals surface area contributed by atoms with E-state index in [4.69, 9.17) is 11.6 Å². The molecular weight excluding hydrogens is 358 g/mol. The van der Waals surface area contributed by atoms with Gasteiger partial charge in [-0.05, 0) is 36.6 Å². The summed E-state index contributed by atoms with van der Waals surface area (Å²) in [6.07, 6.45) is 0.927. The van der Waals surface area contributed by atoms with Gasteiger partial charge in [-0.15, -0.1) is 0 Å². The van der Waals surface area contributed by atoms with Gasteiger partial charge in [0.05, 0.1) is 0 Å². The Balaban J connectivity index is 1.47. The summed E-state index contributed by atoms with van der Waals surface area (Å²) in [7, 11) is 0. The number of para-hydroxylation sites is 1. The topological polar surface area (TPSA) is 38.0 Å². The zero-order chi connectivity index (χ0) is 19.2. The number of rotatable bonds is 6. The van der Waals surface area contributed by atoms with Gasteiger partial charge in [0, 0.05) is 16.3 Å². The third-order valence-corrected chi connectivity index (χ3v) is 5.70. The van der Waals surface area contributed by atoms with Gasteiger partial charge in [0.25, 0.3) is 5.91 Å². The first-order valence-corrected chi connectivity index (χ1v) is 10.2. The summed E-state index contributed by atoms with van der Waals surface area (Å²) in [5.74, 6) is 0.121. The number of hydrogen-bond donors (Lipinski definition) is 3. The highest BCUT2D eigenvalue weighted by Gasteiger charge is 2.25. The molecule has 5 heteroatoms. The Morgan fingerprint density at radius 3 is 2.37 bits per heavy atom.